The van der Waals surface area contributed by atoms with Crippen molar-refractivity contribution in [3.05, 3.63) is 87.5 Å². The van der Waals surface area contributed by atoms with Gasteiger partial charge in [0, 0.05) is 16.2 Å². The number of nitrogens with one attached hydrogen (secondary N) is 1. The number of para-hydroxylation sites is 2. The number of benzene rings is 2. The van der Waals surface area contributed by atoms with E-state index in [1.54, 1.807) is 24.4 Å². The number of H-pyrrole nitrogens is 1. The minimum absolute atomic E-state index is 0.420. The third-order valence-electron chi connectivity index (χ3n) is 4.70. The van der Waals surface area contributed by atoms with Gasteiger partial charge in [-0.3, -0.25) is 14.6 Å². The Morgan fingerprint density at radius 2 is 1.73 bits per heavy atom. The number of aromatic amines is 1. The topological polar surface area (TPSA) is 64.3 Å². The highest BCUT2D eigenvalue weighted by Crippen LogP contribution is 2.26. The molecule has 0 aliphatic rings. The van der Waals surface area contributed by atoms with Gasteiger partial charge in [-0.1, -0.05) is 41.4 Å². The summed E-state index contributed by atoms with van der Waals surface area (Å²) in [5.41, 5.74) is 3.37. The number of aromatic nitrogens is 6. The first-order valence-electron chi connectivity index (χ1n) is 9.09. The standard InChI is InChI=1S/C21H14Cl2N6S/c22-13-9-14(23)11-15(10-13)29-19(26-27-21(29)30)12-28-18-7-2-1-5-16(18)25-20(28)17-6-3-4-8-24-17/h1-11H,12H2,(H,27,30). The molecule has 3 aromatic heterocycles. The average molecular weight is 453 g/mol. The maximum absolute atomic E-state index is 6.21. The van der Waals surface area contributed by atoms with E-state index in [0.717, 1.165) is 28.2 Å². The Kier molecular flexibility index (Phi) is 4.86. The van der Waals surface area contributed by atoms with Gasteiger partial charge in [-0.25, -0.2) is 4.98 Å². The van der Waals surface area contributed by atoms with Gasteiger partial charge in [0.05, 0.1) is 23.3 Å². The van der Waals surface area contributed by atoms with Crippen molar-refractivity contribution < 1.29 is 0 Å². The van der Waals surface area contributed by atoms with Crippen LogP contribution < -0.4 is 0 Å². The normalized spacial score (nSPS) is 11.3. The first kappa shape index (κ1) is 19.0. The van der Waals surface area contributed by atoms with Crippen molar-refractivity contribution in [2.45, 2.75) is 6.54 Å². The lowest BCUT2D eigenvalue weighted by atomic mass is 10.3. The summed E-state index contributed by atoms with van der Waals surface area (Å²) in [5.74, 6) is 1.44. The number of halogens is 2. The van der Waals surface area contributed by atoms with E-state index in [4.69, 9.17) is 40.4 Å². The number of pyridine rings is 1. The molecule has 148 valence electrons. The van der Waals surface area contributed by atoms with Gasteiger partial charge >= 0.3 is 0 Å². The maximum Gasteiger partial charge on any atom is 0.199 e. The lowest BCUT2D eigenvalue weighted by Gasteiger charge is -2.11. The second-order valence-electron chi connectivity index (χ2n) is 6.63. The van der Waals surface area contributed by atoms with Crippen molar-refractivity contribution in [2.75, 3.05) is 0 Å². The molecule has 6 nitrogen and oxygen atoms in total. The van der Waals surface area contributed by atoms with Crippen LogP contribution in [0.15, 0.2) is 66.9 Å². The van der Waals surface area contributed by atoms with Crippen LogP contribution in [0, 0.1) is 4.77 Å². The van der Waals surface area contributed by atoms with E-state index in [1.165, 1.54) is 0 Å². The van der Waals surface area contributed by atoms with Crippen LogP contribution in [-0.2, 0) is 6.54 Å². The fourth-order valence-electron chi connectivity index (χ4n) is 3.44. The minimum atomic E-state index is 0.420. The molecule has 0 aliphatic heterocycles. The Hall–Kier alpha value is -3.00. The minimum Gasteiger partial charge on any atom is -0.315 e. The van der Waals surface area contributed by atoms with E-state index in [9.17, 15) is 0 Å². The Morgan fingerprint density at radius 1 is 0.967 bits per heavy atom. The molecule has 0 atom stereocenters. The average Bonchev–Trinajstić information content (AvgIpc) is 3.29. The molecule has 0 amide bonds. The molecule has 0 spiro atoms. The van der Waals surface area contributed by atoms with Crippen LogP contribution in [0.4, 0.5) is 0 Å². The SMILES string of the molecule is S=c1[nH]nc(Cn2c(-c3ccccn3)nc3ccccc32)n1-c1cc(Cl)cc(Cl)c1. The third-order valence-corrected chi connectivity index (χ3v) is 5.41. The van der Waals surface area contributed by atoms with Gasteiger partial charge in [-0.15, -0.1) is 0 Å². The molecule has 2 aromatic carbocycles. The molecule has 0 saturated carbocycles. The van der Waals surface area contributed by atoms with E-state index >= 15 is 0 Å². The van der Waals surface area contributed by atoms with Crippen molar-refractivity contribution in [1.82, 2.24) is 29.3 Å². The van der Waals surface area contributed by atoms with Gasteiger partial charge in [0.2, 0.25) is 0 Å². The molecule has 3 heterocycles. The molecule has 0 fully saturated rings. The monoisotopic (exact) mass is 452 g/mol. The van der Waals surface area contributed by atoms with Crippen molar-refractivity contribution in [1.29, 1.82) is 0 Å². The zero-order valence-corrected chi connectivity index (χ0v) is 17.8. The summed E-state index contributed by atoms with van der Waals surface area (Å²) >= 11 is 17.9. The second kappa shape index (κ2) is 7.68. The summed E-state index contributed by atoms with van der Waals surface area (Å²) in [6.07, 6.45) is 1.75. The molecule has 9 heteroatoms. The summed E-state index contributed by atoms with van der Waals surface area (Å²) in [5, 5.41) is 8.38. The van der Waals surface area contributed by atoms with Gasteiger partial charge in [-0.05, 0) is 54.7 Å². The van der Waals surface area contributed by atoms with Crippen LogP contribution in [-0.4, -0.2) is 29.3 Å². The quantitative estimate of drug-likeness (QED) is 0.355. The maximum atomic E-state index is 6.21. The molecule has 0 unspecified atom stereocenters. The summed E-state index contributed by atoms with van der Waals surface area (Å²) in [6.45, 7) is 0.420. The third kappa shape index (κ3) is 3.41. The highest BCUT2D eigenvalue weighted by Gasteiger charge is 2.17. The molecule has 30 heavy (non-hydrogen) atoms. The molecule has 0 saturated heterocycles. The molecule has 0 radical (unpaired) electrons. The van der Waals surface area contributed by atoms with E-state index in [2.05, 4.69) is 19.7 Å². The Labute approximate surface area is 186 Å². The lowest BCUT2D eigenvalue weighted by molar-refractivity contribution is 0.745. The van der Waals surface area contributed by atoms with Crippen molar-refractivity contribution >= 4 is 46.5 Å². The predicted octanol–water partition coefficient (Wildman–Crippen LogP) is 5.70. The molecule has 5 rings (SSSR count). The van der Waals surface area contributed by atoms with E-state index in [0.29, 0.717) is 27.2 Å². The highest BCUT2D eigenvalue weighted by molar-refractivity contribution is 7.71. The first-order valence-corrected chi connectivity index (χ1v) is 10.3. The van der Waals surface area contributed by atoms with Gasteiger partial charge in [-0.2, -0.15) is 5.10 Å². The van der Waals surface area contributed by atoms with Crippen LogP contribution in [0.1, 0.15) is 5.82 Å². The summed E-state index contributed by atoms with van der Waals surface area (Å²) in [6, 6.07) is 19.0. The van der Waals surface area contributed by atoms with E-state index in [-0.39, 0.29) is 0 Å². The van der Waals surface area contributed by atoms with Crippen molar-refractivity contribution in [3.8, 4) is 17.2 Å². The second-order valence-corrected chi connectivity index (χ2v) is 7.89. The zero-order chi connectivity index (χ0) is 20.7. The molecule has 0 aliphatic carbocycles. The summed E-state index contributed by atoms with van der Waals surface area (Å²) in [4.78, 5) is 9.28. The summed E-state index contributed by atoms with van der Waals surface area (Å²) in [7, 11) is 0. The zero-order valence-electron chi connectivity index (χ0n) is 15.5. The van der Waals surface area contributed by atoms with Crippen molar-refractivity contribution in [2.24, 2.45) is 0 Å². The fraction of sp³-hybridized carbons (Fsp3) is 0.0476. The van der Waals surface area contributed by atoms with Crippen LogP contribution >= 0.6 is 35.4 Å². The van der Waals surface area contributed by atoms with Gasteiger partial charge in [0.25, 0.3) is 0 Å². The van der Waals surface area contributed by atoms with E-state index in [1.807, 2.05) is 47.0 Å². The number of rotatable bonds is 4. The van der Waals surface area contributed by atoms with Gasteiger partial charge in [0.1, 0.15) is 5.69 Å². The largest absolute Gasteiger partial charge is 0.315 e. The fourth-order valence-corrected chi connectivity index (χ4v) is 4.21. The predicted molar refractivity (Wildman–Crippen MR) is 121 cm³/mol. The van der Waals surface area contributed by atoms with Gasteiger partial charge < -0.3 is 4.57 Å². The summed E-state index contributed by atoms with van der Waals surface area (Å²) < 4.78 is 4.35. The van der Waals surface area contributed by atoms with Crippen LogP contribution in [0.2, 0.25) is 10.0 Å². The van der Waals surface area contributed by atoms with Crippen LogP contribution in [0.25, 0.3) is 28.2 Å². The number of imidazole rings is 1. The number of nitrogens with zero attached hydrogens (tertiary/aromatic N) is 5. The molecule has 5 aromatic rings. The lowest BCUT2D eigenvalue weighted by Crippen LogP contribution is -2.09. The first-order chi connectivity index (χ1) is 14.6. The molecule has 1 N–H and O–H groups in total. The molecular weight excluding hydrogens is 439 g/mol. The smallest absolute Gasteiger partial charge is 0.199 e. The van der Waals surface area contributed by atoms with E-state index < -0.39 is 0 Å². The Balaban J connectivity index is 1.69. The number of hydrogen-bond donors (Lipinski definition) is 1. The van der Waals surface area contributed by atoms with Gasteiger partial charge in [0.15, 0.2) is 16.4 Å². The number of hydrogen-bond acceptors (Lipinski definition) is 4. The Morgan fingerprint density at radius 3 is 2.50 bits per heavy atom. The Bertz CT molecular complexity index is 1400. The van der Waals surface area contributed by atoms with Crippen LogP contribution in [0.5, 0.6) is 0 Å². The number of fused-ring (bicyclic) bond motifs is 1. The molecular formula is C21H14Cl2N6S. The highest BCUT2D eigenvalue weighted by atomic mass is 35.5. The van der Waals surface area contributed by atoms with Crippen molar-refractivity contribution in [3.63, 3.8) is 0 Å². The van der Waals surface area contributed by atoms with Crippen LogP contribution in [0.3, 0.4) is 0 Å². The molecule has 0 bridgehead atoms.